The van der Waals surface area contributed by atoms with E-state index in [0.29, 0.717) is 0 Å². The fourth-order valence-electron chi connectivity index (χ4n) is 3.03. The third-order valence-corrected chi connectivity index (χ3v) is 5.16. The largest absolute Gasteiger partial charge is 0.460 e. The molecule has 172 valence electrons. The number of hydrogen-bond donors (Lipinski definition) is 1. The molecule has 2 N–H and O–H groups in total. The number of rotatable bonds is 16. The van der Waals surface area contributed by atoms with Gasteiger partial charge in [0.2, 0.25) is 0 Å². The van der Waals surface area contributed by atoms with Crippen LogP contribution < -0.4 is 5.73 Å². The maximum Gasteiger partial charge on any atom is 0.331 e. The molecule has 1 atom stereocenters. The zero-order valence-corrected chi connectivity index (χ0v) is 19.9. The van der Waals surface area contributed by atoms with Crippen LogP contribution in [0.15, 0.2) is 36.4 Å². The van der Waals surface area contributed by atoms with Crippen LogP contribution in [0.2, 0.25) is 0 Å². The lowest BCUT2D eigenvalue weighted by Gasteiger charge is -2.07. The van der Waals surface area contributed by atoms with Gasteiger partial charge in [-0.3, -0.25) is 0 Å². The molecule has 0 aromatic heterocycles. The van der Waals surface area contributed by atoms with Gasteiger partial charge >= 0.3 is 5.97 Å². The monoisotopic (exact) mass is 417 g/mol. The summed E-state index contributed by atoms with van der Waals surface area (Å²) >= 11 is 0. The van der Waals surface area contributed by atoms with Crippen LogP contribution in [0.3, 0.4) is 0 Å². The van der Waals surface area contributed by atoms with Crippen LogP contribution >= 0.6 is 0 Å². The van der Waals surface area contributed by atoms with Crippen molar-refractivity contribution in [2.75, 3.05) is 6.54 Å². The molecular weight excluding hydrogens is 370 g/mol. The zero-order valence-electron chi connectivity index (χ0n) is 19.9. The summed E-state index contributed by atoms with van der Waals surface area (Å²) in [5.74, 6) is -0.284. The van der Waals surface area contributed by atoms with E-state index in [9.17, 15) is 4.79 Å². The van der Waals surface area contributed by atoms with Crippen LogP contribution in [0.1, 0.15) is 110 Å². The first-order valence-electron chi connectivity index (χ1n) is 12.3. The SMILES string of the molecule is CCC(C)OC(=O)/C=C\c1ccccc1.CCCCCCCCCCCCCCN. The lowest BCUT2D eigenvalue weighted by Crippen LogP contribution is -2.11. The summed E-state index contributed by atoms with van der Waals surface area (Å²) in [6, 6.07) is 9.67. The Morgan fingerprint density at radius 1 is 0.867 bits per heavy atom. The lowest BCUT2D eigenvalue weighted by molar-refractivity contribution is -0.142. The van der Waals surface area contributed by atoms with Gasteiger partial charge in [0.15, 0.2) is 0 Å². The summed E-state index contributed by atoms with van der Waals surface area (Å²) in [4.78, 5) is 11.3. The van der Waals surface area contributed by atoms with E-state index in [-0.39, 0.29) is 12.1 Å². The van der Waals surface area contributed by atoms with Crippen molar-refractivity contribution in [2.24, 2.45) is 5.73 Å². The van der Waals surface area contributed by atoms with E-state index >= 15 is 0 Å². The number of carbonyl (C=O) groups is 1. The second kappa shape index (κ2) is 22.1. The molecule has 0 fully saturated rings. The van der Waals surface area contributed by atoms with Crippen molar-refractivity contribution in [1.82, 2.24) is 0 Å². The molecular formula is C27H47NO2. The molecule has 1 aromatic carbocycles. The van der Waals surface area contributed by atoms with Gasteiger partial charge in [-0.1, -0.05) is 115 Å². The minimum Gasteiger partial charge on any atom is -0.460 e. The zero-order chi connectivity index (χ0) is 22.3. The quantitative estimate of drug-likeness (QED) is 0.170. The number of esters is 1. The normalized spacial score (nSPS) is 11.7. The van der Waals surface area contributed by atoms with Gasteiger partial charge in [-0.2, -0.15) is 0 Å². The van der Waals surface area contributed by atoms with E-state index < -0.39 is 0 Å². The minimum atomic E-state index is -0.284. The van der Waals surface area contributed by atoms with E-state index in [2.05, 4.69) is 6.92 Å². The Morgan fingerprint density at radius 2 is 1.37 bits per heavy atom. The molecule has 0 bridgehead atoms. The Balaban J connectivity index is 0.000000561. The van der Waals surface area contributed by atoms with Crippen LogP contribution in [-0.4, -0.2) is 18.6 Å². The van der Waals surface area contributed by atoms with Crippen molar-refractivity contribution in [3.05, 3.63) is 42.0 Å². The summed E-state index contributed by atoms with van der Waals surface area (Å²) in [6.07, 6.45) is 20.9. The van der Waals surface area contributed by atoms with Gasteiger partial charge in [0.05, 0.1) is 6.10 Å². The van der Waals surface area contributed by atoms with Gasteiger partial charge in [0.1, 0.15) is 0 Å². The number of carbonyl (C=O) groups excluding carboxylic acids is 1. The van der Waals surface area contributed by atoms with Crippen molar-refractivity contribution in [1.29, 1.82) is 0 Å². The third-order valence-electron chi connectivity index (χ3n) is 5.16. The molecule has 0 amide bonds. The molecule has 1 rings (SSSR count). The molecule has 0 saturated heterocycles. The summed E-state index contributed by atoms with van der Waals surface area (Å²) in [6.45, 7) is 7.02. The van der Waals surface area contributed by atoms with Crippen LogP contribution in [0.25, 0.3) is 6.08 Å². The molecule has 3 heteroatoms. The van der Waals surface area contributed by atoms with Gasteiger partial charge in [0.25, 0.3) is 0 Å². The summed E-state index contributed by atoms with van der Waals surface area (Å²) < 4.78 is 5.10. The van der Waals surface area contributed by atoms with Crippen molar-refractivity contribution in [3.63, 3.8) is 0 Å². The van der Waals surface area contributed by atoms with E-state index in [1.54, 1.807) is 6.08 Å². The molecule has 0 saturated carbocycles. The lowest BCUT2D eigenvalue weighted by atomic mass is 10.1. The van der Waals surface area contributed by atoms with Crippen LogP contribution in [0.4, 0.5) is 0 Å². The number of ether oxygens (including phenoxy) is 1. The highest BCUT2D eigenvalue weighted by Gasteiger charge is 2.02. The molecule has 0 aliphatic heterocycles. The number of nitrogens with two attached hydrogens (primary N) is 1. The maximum atomic E-state index is 11.3. The second-order valence-corrected chi connectivity index (χ2v) is 8.08. The van der Waals surface area contributed by atoms with Gasteiger partial charge in [-0.05, 0) is 37.9 Å². The topological polar surface area (TPSA) is 52.3 Å². The van der Waals surface area contributed by atoms with E-state index in [0.717, 1.165) is 18.5 Å². The Labute approximate surface area is 186 Å². The summed E-state index contributed by atoms with van der Waals surface area (Å²) in [7, 11) is 0. The molecule has 0 aliphatic rings. The molecule has 0 aliphatic carbocycles. The average molecular weight is 418 g/mol. The van der Waals surface area contributed by atoms with Crippen molar-refractivity contribution < 1.29 is 9.53 Å². The Hall–Kier alpha value is -1.61. The number of benzene rings is 1. The summed E-state index contributed by atoms with van der Waals surface area (Å²) in [5, 5.41) is 0. The maximum absolute atomic E-state index is 11.3. The fourth-order valence-corrected chi connectivity index (χ4v) is 3.03. The molecule has 1 unspecified atom stereocenters. The van der Waals surface area contributed by atoms with E-state index in [1.165, 1.54) is 83.1 Å². The molecule has 0 spiro atoms. The first-order valence-corrected chi connectivity index (χ1v) is 12.3. The van der Waals surface area contributed by atoms with Crippen LogP contribution in [0, 0.1) is 0 Å². The van der Waals surface area contributed by atoms with Crippen LogP contribution in [-0.2, 0) is 9.53 Å². The average Bonchev–Trinajstić information content (AvgIpc) is 2.77. The molecule has 0 radical (unpaired) electrons. The highest BCUT2D eigenvalue weighted by atomic mass is 16.5. The van der Waals surface area contributed by atoms with Crippen molar-refractivity contribution >= 4 is 12.0 Å². The fraction of sp³-hybridized carbons (Fsp3) is 0.667. The first-order chi connectivity index (χ1) is 14.6. The van der Waals surface area contributed by atoms with Crippen molar-refractivity contribution in [2.45, 2.75) is 110 Å². The molecule has 1 aromatic rings. The Morgan fingerprint density at radius 3 is 1.83 bits per heavy atom. The van der Waals surface area contributed by atoms with Gasteiger partial charge in [-0.15, -0.1) is 0 Å². The minimum absolute atomic E-state index is 0.0158. The molecule has 30 heavy (non-hydrogen) atoms. The van der Waals surface area contributed by atoms with E-state index in [1.807, 2.05) is 44.2 Å². The highest BCUT2D eigenvalue weighted by molar-refractivity contribution is 5.87. The summed E-state index contributed by atoms with van der Waals surface area (Å²) in [5.41, 5.74) is 6.45. The number of unbranched alkanes of at least 4 members (excludes halogenated alkanes) is 11. The Kier molecular flexibility index (Phi) is 20.9. The molecule has 0 heterocycles. The smallest absolute Gasteiger partial charge is 0.331 e. The van der Waals surface area contributed by atoms with E-state index in [4.69, 9.17) is 10.5 Å². The Bertz CT molecular complexity index is 501. The molecule has 3 nitrogen and oxygen atoms in total. The first kappa shape index (κ1) is 28.4. The third kappa shape index (κ3) is 19.7. The van der Waals surface area contributed by atoms with Crippen LogP contribution in [0.5, 0.6) is 0 Å². The second-order valence-electron chi connectivity index (χ2n) is 8.08. The van der Waals surface area contributed by atoms with Gasteiger partial charge < -0.3 is 10.5 Å². The predicted molar refractivity (Wildman–Crippen MR) is 131 cm³/mol. The van der Waals surface area contributed by atoms with Gasteiger partial charge in [-0.25, -0.2) is 4.79 Å². The number of hydrogen-bond acceptors (Lipinski definition) is 3. The highest BCUT2D eigenvalue weighted by Crippen LogP contribution is 2.11. The van der Waals surface area contributed by atoms with Gasteiger partial charge in [0, 0.05) is 6.08 Å². The van der Waals surface area contributed by atoms with Crippen molar-refractivity contribution in [3.8, 4) is 0 Å². The predicted octanol–water partition coefficient (Wildman–Crippen LogP) is 7.69. The standard InChI is InChI=1S/C14H31N.C13H16O2/c1-2-3-4-5-6-7-8-9-10-11-12-13-14-15;1-3-11(2)15-13(14)10-9-12-7-5-4-6-8-12/h2-15H2,1H3;4-11H,3H2,1-2H3/b;10-9-.